The second-order valence-electron chi connectivity index (χ2n) is 4.56. The number of rotatable bonds is 9. The Morgan fingerprint density at radius 3 is 2.61 bits per heavy atom. The van der Waals surface area contributed by atoms with Gasteiger partial charge >= 0.3 is 0 Å². The van der Waals surface area contributed by atoms with Gasteiger partial charge in [0.1, 0.15) is 11.6 Å². The number of nitriles is 1. The van der Waals surface area contributed by atoms with E-state index in [4.69, 9.17) is 15.7 Å². The highest BCUT2D eigenvalue weighted by atomic mass is 16.5. The smallest absolute Gasteiger partial charge is 0.263 e. The monoisotopic (exact) mass is 316 g/mol. The van der Waals surface area contributed by atoms with Crippen molar-refractivity contribution in [3.63, 3.8) is 0 Å². The number of primary amides is 1. The second-order valence-corrected chi connectivity index (χ2v) is 4.56. The standard InChI is InChI=1S/C16H20N4O3/c1-2-23-9-3-8-19-16(22)13(10-17)11-20-14-6-4-12(5-7-14)15(18)21/h4-7,11,20H,2-3,8-9H2,1H3,(H2,18,21)(H,19,22)/b13-11-. The summed E-state index contributed by atoms with van der Waals surface area (Å²) < 4.78 is 5.16. The fourth-order valence-corrected chi connectivity index (χ4v) is 1.65. The number of nitrogens with one attached hydrogen (secondary N) is 2. The first-order chi connectivity index (χ1) is 11.1. The molecule has 0 bridgehead atoms. The maximum atomic E-state index is 11.8. The highest BCUT2D eigenvalue weighted by molar-refractivity contribution is 5.97. The average Bonchev–Trinajstić information content (AvgIpc) is 2.55. The molecule has 7 heteroatoms. The zero-order chi connectivity index (χ0) is 17.1. The van der Waals surface area contributed by atoms with Gasteiger partial charge in [-0.1, -0.05) is 0 Å². The molecule has 4 N–H and O–H groups in total. The molecule has 0 aliphatic heterocycles. The van der Waals surface area contributed by atoms with Crippen molar-refractivity contribution < 1.29 is 14.3 Å². The first kappa shape index (κ1) is 18.2. The van der Waals surface area contributed by atoms with Crippen molar-refractivity contribution in [3.05, 3.63) is 41.6 Å². The quantitative estimate of drug-likeness (QED) is 0.359. The van der Waals surface area contributed by atoms with Crippen molar-refractivity contribution in [1.82, 2.24) is 5.32 Å². The van der Waals surface area contributed by atoms with Gasteiger partial charge in [-0.25, -0.2) is 0 Å². The Balaban J connectivity index is 2.53. The van der Waals surface area contributed by atoms with E-state index in [0.717, 1.165) is 0 Å². The Kier molecular flexibility index (Phi) is 7.89. The van der Waals surface area contributed by atoms with Crippen LogP contribution in [0.1, 0.15) is 23.7 Å². The van der Waals surface area contributed by atoms with Gasteiger partial charge in [0.15, 0.2) is 0 Å². The first-order valence-electron chi connectivity index (χ1n) is 7.21. The minimum absolute atomic E-state index is 0.0413. The van der Waals surface area contributed by atoms with Gasteiger partial charge in [-0.05, 0) is 37.6 Å². The molecule has 0 fully saturated rings. The summed E-state index contributed by atoms with van der Waals surface area (Å²) in [5, 5.41) is 14.5. The summed E-state index contributed by atoms with van der Waals surface area (Å²) >= 11 is 0. The van der Waals surface area contributed by atoms with Crippen LogP contribution in [-0.2, 0) is 9.53 Å². The molecular weight excluding hydrogens is 296 g/mol. The number of benzene rings is 1. The molecule has 1 rings (SSSR count). The van der Waals surface area contributed by atoms with E-state index in [9.17, 15) is 9.59 Å². The number of carbonyl (C=O) groups excluding carboxylic acids is 2. The fourth-order valence-electron chi connectivity index (χ4n) is 1.65. The first-order valence-corrected chi connectivity index (χ1v) is 7.21. The van der Waals surface area contributed by atoms with Crippen LogP contribution in [-0.4, -0.2) is 31.6 Å². The number of hydrogen-bond donors (Lipinski definition) is 3. The number of ether oxygens (including phenoxy) is 1. The highest BCUT2D eigenvalue weighted by Crippen LogP contribution is 2.09. The van der Waals surface area contributed by atoms with Crippen LogP contribution in [0.5, 0.6) is 0 Å². The van der Waals surface area contributed by atoms with Crippen LogP contribution >= 0.6 is 0 Å². The lowest BCUT2D eigenvalue weighted by Crippen LogP contribution is -2.26. The summed E-state index contributed by atoms with van der Waals surface area (Å²) in [6.07, 6.45) is 2.00. The van der Waals surface area contributed by atoms with E-state index in [1.807, 2.05) is 13.0 Å². The van der Waals surface area contributed by atoms with E-state index in [1.165, 1.54) is 6.20 Å². The van der Waals surface area contributed by atoms with Crippen LogP contribution in [0.4, 0.5) is 5.69 Å². The third-order valence-electron chi connectivity index (χ3n) is 2.87. The molecule has 0 saturated carbocycles. The predicted molar refractivity (Wildman–Crippen MR) is 86.4 cm³/mol. The Morgan fingerprint density at radius 1 is 1.35 bits per heavy atom. The number of hydrogen-bond acceptors (Lipinski definition) is 5. The Bertz CT molecular complexity index is 603. The van der Waals surface area contributed by atoms with Gasteiger partial charge < -0.3 is 21.1 Å². The van der Waals surface area contributed by atoms with Crippen molar-refractivity contribution in [1.29, 1.82) is 5.26 Å². The van der Waals surface area contributed by atoms with Crippen molar-refractivity contribution in [2.75, 3.05) is 25.1 Å². The van der Waals surface area contributed by atoms with Gasteiger partial charge in [0.05, 0.1) is 0 Å². The van der Waals surface area contributed by atoms with Gasteiger partial charge in [0, 0.05) is 37.2 Å². The van der Waals surface area contributed by atoms with E-state index in [0.29, 0.717) is 37.4 Å². The van der Waals surface area contributed by atoms with Gasteiger partial charge in [0.2, 0.25) is 5.91 Å². The molecule has 0 radical (unpaired) electrons. The molecule has 1 aromatic rings. The maximum absolute atomic E-state index is 11.8. The largest absolute Gasteiger partial charge is 0.382 e. The summed E-state index contributed by atoms with van der Waals surface area (Å²) in [5.41, 5.74) is 6.12. The summed E-state index contributed by atoms with van der Waals surface area (Å²) in [4.78, 5) is 22.8. The van der Waals surface area contributed by atoms with Crippen molar-refractivity contribution in [2.45, 2.75) is 13.3 Å². The molecule has 0 aliphatic carbocycles. The van der Waals surface area contributed by atoms with E-state index in [2.05, 4.69) is 10.6 Å². The molecule has 122 valence electrons. The Hall–Kier alpha value is -2.85. The van der Waals surface area contributed by atoms with Gasteiger partial charge in [0.25, 0.3) is 5.91 Å². The van der Waals surface area contributed by atoms with E-state index >= 15 is 0 Å². The van der Waals surface area contributed by atoms with Crippen molar-refractivity contribution in [2.24, 2.45) is 5.73 Å². The Morgan fingerprint density at radius 2 is 2.04 bits per heavy atom. The zero-order valence-corrected chi connectivity index (χ0v) is 13.0. The lowest BCUT2D eigenvalue weighted by Gasteiger charge is -2.05. The van der Waals surface area contributed by atoms with Gasteiger partial charge in [-0.2, -0.15) is 5.26 Å². The van der Waals surface area contributed by atoms with Gasteiger partial charge in [-0.15, -0.1) is 0 Å². The zero-order valence-electron chi connectivity index (χ0n) is 13.0. The molecule has 7 nitrogen and oxygen atoms in total. The molecule has 23 heavy (non-hydrogen) atoms. The summed E-state index contributed by atoms with van der Waals surface area (Å²) in [6.45, 7) is 3.53. The lowest BCUT2D eigenvalue weighted by molar-refractivity contribution is -0.117. The SMILES string of the molecule is CCOCCCNC(=O)/C(C#N)=C\Nc1ccc(C(N)=O)cc1. The van der Waals surface area contributed by atoms with Crippen molar-refractivity contribution in [3.8, 4) is 6.07 Å². The maximum Gasteiger partial charge on any atom is 0.263 e. The molecule has 0 saturated heterocycles. The molecule has 0 heterocycles. The molecule has 2 amide bonds. The van der Waals surface area contributed by atoms with Crippen LogP contribution in [0, 0.1) is 11.3 Å². The topological polar surface area (TPSA) is 117 Å². The van der Waals surface area contributed by atoms with E-state index < -0.39 is 11.8 Å². The number of carbonyl (C=O) groups is 2. The second kappa shape index (κ2) is 9.97. The van der Waals surface area contributed by atoms with Crippen LogP contribution in [0.25, 0.3) is 0 Å². The highest BCUT2D eigenvalue weighted by Gasteiger charge is 2.07. The summed E-state index contributed by atoms with van der Waals surface area (Å²) in [6, 6.07) is 8.20. The molecule has 0 aromatic heterocycles. The average molecular weight is 316 g/mol. The van der Waals surface area contributed by atoms with Crippen molar-refractivity contribution >= 4 is 17.5 Å². The number of nitrogens with two attached hydrogens (primary N) is 1. The molecular formula is C16H20N4O3. The molecule has 0 aliphatic rings. The molecule has 0 spiro atoms. The summed E-state index contributed by atoms with van der Waals surface area (Å²) in [5.74, 6) is -0.971. The molecule has 1 aromatic carbocycles. The minimum Gasteiger partial charge on any atom is -0.382 e. The van der Waals surface area contributed by atoms with E-state index in [-0.39, 0.29) is 5.57 Å². The third-order valence-corrected chi connectivity index (χ3v) is 2.87. The van der Waals surface area contributed by atoms with Crippen LogP contribution < -0.4 is 16.4 Å². The van der Waals surface area contributed by atoms with Crippen LogP contribution in [0.15, 0.2) is 36.0 Å². The van der Waals surface area contributed by atoms with Crippen LogP contribution in [0.2, 0.25) is 0 Å². The number of amides is 2. The van der Waals surface area contributed by atoms with Crippen LogP contribution in [0.3, 0.4) is 0 Å². The van der Waals surface area contributed by atoms with E-state index in [1.54, 1.807) is 24.3 Å². The third kappa shape index (κ3) is 6.63. The van der Waals surface area contributed by atoms with Gasteiger partial charge in [-0.3, -0.25) is 9.59 Å². The minimum atomic E-state index is -0.517. The molecule has 0 atom stereocenters. The summed E-state index contributed by atoms with van der Waals surface area (Å²) in [7, 11) is 0. The lowest BCUT2D eigenvalue weighted by atomic mass is 10.2. The fraction of sp³-hybridized carbons (Fsp3) is 0.312. The molecule has 0 unspecified atom stereocenters. The number of nitrogens with zero attached hydrogens (tertiary/aromatic N) is 1. The predicted octanol–water partition coefficient (Wildman–Crippen LogP) is 1.15. The normalized spacial score (nSPS) is 10.7. The Labute approximate surface area is 135 Å². The number of anilines is 1.